The lowest BCUT2D eigenvalue weighted by Crippen LogP contribution is -2.28. The molecule has 0 aliphatic rings. The maximum Gasteiger partial charge on any atom is 0.319 e. The molecule has 0 aliphatic heterocycles. The van der Waals surface area contributed by atoms with Crippen LogP contribution in [0.2, 0.25) is 5.02 Å². The highest BCUT2D eigenvalue weighted by molar-refractivity contribution is 6.30. The van der Waals surface area contributed by atoms with Crippen molar-refractivity contribution in [3.63, 3.8) is 0 Å². The molecular weight excluding hydrogens is 321 g/mol. The Kier molecular flexibility index (Phi) is 7.74. The van der Waals surface area contributed by atoms with Crippen LogP contribution in [0.15, 0.2) is 48.5 Å². The van der Waals surface area contributed by atoms with Crippen LogP contribution in [0.4, 0.5) is 10.5 Å². The topological polar surface area (TPSA) is 53.2 Å². The fourth-order valence-corrected chi connectivity index (χ4v) is 2.00. The predicted molar refractivity (Wildman–Crippen MR) is 93.8 cm³/mol. The van der Waals surface area contributed by atoms with Crippen LogP contribution in [-0.2, 0) is 13.1 Å². The maximum atomic E-state index is 11.8. The van der Waals surface area contributed by atoms with Gasteiger partial charge in [0.2, 0.25) is 0 Å². The van der Waals surface area contributed by atoms with Gasteiger partial charge >= 0.3 is 6.03 Å². The first kappa shape index (κ1) is 18.3. The van der Waals surface area contributed by atoms with E-state index in [4.69, 9.17) is 11.6 Å². The number of anilines is 1. The highest BCUT2D eigenvalue weighted by Crippen LogP contribution is 2.10. The van der Waals surface area contributed by atoms with Crippen LogP contribution in [0.1, 0.15) is 11.1 Å². The summed E-state index contributed by atoms with van der Waals surface area (Å²) in [6, 6.07) is 14.9. The van der Waals surface area contributed by atoms with Gasteiger partial charge in [0, 0.05) is 23.8 Å². The van der Waals surface area contributed by atoms with Crippen molar-refractivity contribution in [1.29, 1.82) is 0 Å². The summed E-state index contributed by atoms with van der Waals surface area (Å²) in [5.41, 5.74) is 2.94. The van der Waals surface area contributed by atoms with Crippen LogP contribution in [0.25, 0.3) is 0 Å². The second kappa shape index (κ2) is 9.30. The van der Waals surface area contributed by atoms with Gasteiger partial charge in [-0.3, -0.25) is 0 Å². The van der Waals surface area contributed by atoms with Gasteiger partial charge in [-0.2, -0.15) is 0 Å². The zero-order valence-electron chi connectivity index (χ0n) is 12.2. The molecule has 2 aromatic carbocycles. The van der Waals surface area contributed by atoms with Crippen LogP contribution < -0.4 is 16.0 Å². The van der Waals surface area contributed by atoms with Gasteiger partial charge in [0.1, 0.15) is 0 Å². The summed E-state index contributed by atoms with van der Waals surface area (Å²) in [5.74, 6) is 0. The molecule has 0 bridgehead atoms. The van der Waals surface area contributed by atoms with E-state index in [2.05, 4.69) is 16.0 Å². The average Bonchev–Trinajstić information content (AvgIpc) is 2.49. The SMILES string of the molecule is CNCc1ccc(NC(=O)NCc2ccc(Cl)cc2)cc1.Cl. The minimum atomic E-state index is -0.230. The molecule has 0 saturated heterocycles. The Hall–Kier alpha value is -1.75. The second-order valence-electron chi connectivity index (χ2n) is 4.66. The molecule has 0 spiro atoms. The van der Waals surface area contributed by atoms with Crippen LogP contribution in [0.5, 0.6) is 0 Å². The number of rotatable bonds is 5. The summed E-state index contributed by atoms with van der Waals surface area (Å²) >= 11 is 5.81. The number of hydrogen-bond acceptors (Lipinski definition) is 2. The van der Waals surface area contributed by atoms with E-state index < -0.39 is 0 Å². The molecule has 0 unspecified atom stereocenters. The lowest BCUT2D eigenvalue weighted by molar-refractivity contribution is 0.251. The van der Waals surface area contributed by atoms with E-state index in [1.807, 2.05) is 43.4 Å². The van der Waals surface area contributed by atoms with Gasteiger partial charge in [0.05, 0.1) is 0 Å². The van der Waals surface area contributed by atoms with Crippen molar-refractivity contribution in [1.82, 2.24) is 10.6 Å². The monoisotopic (exact) mass is 339 g/mol. The molecule has 22 heavy (non-hydrogen) atoms. The molecule has 0 radical (unpaired) electrons. The Balaban J connectivity index is 0.00000242. The number of hydrogen-bond donors (Lipinski definition) is 3. The van der Waals surface area contributed by atoms with E-state index in [1.54, 1.807) is 12.1 Å². The van der Waals surface area contributed by atoms with E-state index in [0.717, 1.165) is 17.8 Å². The van der Waals surface area contributed by atoms with Crippen LogP contribution in [-0.4, -0.2) is 13.1 Å². The smallest absolute Gasteiger partial charge is 0.319 e. The van der Waals surface area contributed by atoms with Crippen molar-refractivity contribution in [2.24, 2.45) is 0 Å². The molecular formula is C16H19Cl2N3O. The highest BCUT2D eigenvalue weighted by Gasteiger charge is 2.02. The molecule has 0 heterocycles. The summed E-state index contributed by atoms with van der Waals surface area (Å²) in [7, 11) is 1.90. The molecule has 118 valence electrons. The number of nitrogens with one attached hydrogen (secondary N) is 3. The number of halogens is 2. The van der Waals surface area contributed by atoms with Crippen LogP contribution >= 0.6 is 24.0 Å². The molecule has 0 atom stereocenters. The van der Waals surface area contributed by atoms with E-state index in [1.165, 1.54) is 5.56 Å². The van der Waals surface area contributed by atoms with Crippen molar-refractivity contribution >= 4 is 35.7 Å². The minimum absolute atomic E-state index is 0. The molecule has 2 aromatic rings. The average molecular weight is 340 g/mol. The van der Waals surface area contributed by atoms with Crippen molar-refractivity contribution in [2.45, 2.75) is 13.1 Å². The van der Waals surface area contributed by atoms with Crippen molar-refractivity contribution in [3.8, 4) is 0 Å². The minimum Gasteiger partial charge on any atom is -0.334 e. The third kappa shape index (κ3) is 5.93. The fraction of sp³-hybridized carbons (Fsp3) is 0.188. The molecule has 2 amide bonds. The summed E-state index contributed by atoms with van der Waals surface area (Å²) in [6.45, 7) is 1.27. The maximum absolute atomic E-state index is 11.8. The number of urea groups is 1. The number of carbonyl (C=O) groups is 1. The standard InChI is InChI=1S/C16H18ClN3O.ClH/c1-18-10-12-4-8-15(9-5-12)20-16(21)19-11-13-2-6-14(17)7-3-13;/h2-9,18H,10-11H2,1H3,(H2,19,20,21);1H. The van der Waals surface area contributed by atoms with Gasteiger partial charge in [-0.1, -0.05) is 35.9 Å². The largest absolute Gasteiger partial charge is 0.334 e. The Morgan fingerprint density at radius 2 is 1.50 bits per heavy atom. The van der Waals surface area contributed by atoms with Crippen molar-refractivity contribution in [2.75, 3.05) is 12.4 Å². The predicted octanol–water partition coefficient (Wildman–Crippen LogP) is 3.80. The van der Waals surface area contributed by atoms with E-state index in [-0.39, 0.29) is 18.4 Å². The van der Waals surface area contributed by atoms with Crippen LogP contribution in [0, 0.1) is 0 Å². The van der Waals surface area contributed by atoms with E-state index in [0.29, 0.717) is 11.6 Å². The van der Waals surface area contributed by atoms with Crippen molar-refractivity contribution in [3.05, 3.63) is 64.7 Å². The Morgan fingerprint density at radius 1 is 0.955 bits per heavy atom. The fourth-order valence-electron chi connectivity index (χ4n) is 1.87. The molecule has 4 nitrogen and oxygen atoms in total. The first-order chi connectivity index (χ1) is 10.2. The lowest BCUT2D eigenvalue weighted by Gasteiger charge is -2.08. The third-order valence-corrected chi connectivity index (χ3v) is 3.21. The molecule has 6 heteroatoms. The van der Waals surface area contributed by atoms with Gasteiger partial charge in [0.25, 0.3) is 0 Å². The summed E-state index contributed by atoms with van der Waals surface area (Å²) in [6.07, 6.45) is 0. The van der Waals surface area contributed by atoms with Gasteiger partial charge in [-0.05, 0) is 42.4 Å². The van der Waals surface area contributed by atoms with Gasteiger partial charge in [-0.15, -0.1) is 12.4 Å². The molecule has 2 rings (SSSR count). The highest BCUT2D eigenvalue weighted by atomic mass is 35.5. The molecule has 0 saturated carbocycles. The normalized spacial score (nSPS) is 9.73. The third-order valence-electron chi connectivity index (χ3n) is 2.96. The van der Waals surface area contributed by atoms with E-state index in [9.17, 15) is 4.79 Å². The Labute approximate surface area is 141 Å². The molecule has 0 fully saturated rings. The molecule has 0 aromatic heterocycles. The van der Waals surface area contributed by atoms with Gasteiger partial charge in [0.15, 0.2) is 0 Å². The van der Waals surface area contributed by atoms with Crippen LogP contribution in [0.3, 0.4) is 0 Å². The number of carbonyl (C=O) groups excluding carboxylic acids is 1. The first-order valence-electron chi connectivity index (χ1n) is 6.70. The quantitative estimate of drug-likeness (QED) is 0.775. The number of amides is 2. The Morgan fingerprint density at radius 3 is 2.09 bits per heavy atom. The summed E-state index contributed by atoms with van der Waals surface area (Å²) in [5, 5.41) is 9.36. The first-order valence-corrected chi connectivity index (χ1v) is 7.08. The van der Waals surface area contributed by atoms with Crippen molar-refractivity contribution < 1.29 is 4.79 Å². The number of benzene rings is 2. The van der Waals surface area contributed by atoms with E-state index >= 15 is 0 Å². The lowest BCUT2D eigenvalue weighted by atomic mass is 10.2. The van der Waals surface area contributed by atoms with Gasteiger partial charge < -0.3 is 16.0 Å². The van der Waals surface area contributed by atoms with Gasteiger partial charge in [-0.25, -0.2) is 4.79 Å². The summed E-state index contributed by atoms with van der Waals surface area (Å²) < 4.78 is 0. The Bertz CT molecular complexity index is 585. The molecule has 3 N–H and O–H groups in total. The zero-order chi connectivity index (χ0) is 15.1. The summed E-state index contributed by atoms with van der Waals surface area (Å²) in [4.78, 5) is 11.8. The molecule has 0 aliphatic carbocycles. The zero-order valence-corrected chi connectivity index (χ0v) is 13.8. The second-order valence-corrected chi connectivity index (χ2v) is 5.10.